The van der Waals surface area contributed by atoms with Crippen LogP contribution in [0.5, 0.6) is 0 Å². The molecular weight excluding hydrogens is 261 g/mol. The van der Waals surface area contributed by atoms with Crippen molar-refractivity contribution in [3.63, 3.8) is 0 Å². The second-order valence-electron chi connectivity index (χ2n) is 4.18. The van der Waals surface area contributed by atoms with Gasteiger partial charge in [-0.25, -0.2) is 0 Å². The van der Waals surface area contributed by atoms with E-state index >= 15 is 0 Å². The highest BCUT2D eigenvalue weighted by Crippen LogP contribution is 2.25. The summed E-state index contributed by atoms with van der Waals surface area (Å²) in [5.74, 6) is 0.509. The van der Waals surface area contributed by atoms with Gasteiger partial charge in [-0.3, -0.25) is 0 Å². The van der Waals surface area contributed by atoms with Gasteiger partial charge in [0.1, 0.15) is 0 Å². The van der Waals surface area contributed by atoms with Crippen LogP contribution < -0.4 is 4.90 Å². The van der Waals surface area contributed by atoms with E-state index < -0.39 is 0 Å². The Balaban J connectivity index is 2.90. The lowest BCUT2D eigenvalue weighted by Gasteiger charge is -2.26. The lowest BCUT2D eigenvalue weighted by Crippen LogP contribution is -2.31. The van der Waals surface area contributed by atoms with E-state index in [4.69, 9.17) is 27.9 Å². The van der Waals surface area contributed by atoms with Gasteiger partial charge in [-0.05, 0) is 5.92 Å². The van der Waals surface area contributed by atoms with Crippen molar-refractivity contribution in [1.82, 2.24) is 10.2 Å². The van der Waals surface area contributed by atoms with E-state index in [2.05, 4.69) is 28.9 Å². The summed E-state index contributed by atoms with van der Waals surface area (Å²) in [6.07, 6.45) is 0. The predicted octanol–water partition coefficient (Wildman–Crippen LogP) is 2.89. The number of ether oxygens (including phenoxy) is 1. The van der Waals surface area contributed by atoms with Crippen LogP contribution in [0, 0.1) is 5.92 Å². The zero-order valence-electron chi connectivity index (χ0n) is 10.3. The maximum absolute atomic E-state index is 6.04. The minimum Gasteiger partial charge on any atom is -0.383 e. The molecule has 0 aromatic carbocycles. The molecule has 0 amide bonds. The van der Waals surface area contributed by atoms with Gasteiger partial charge in [0.05, 0.1) is 12.3 Å². The third kappa shape index (κ3) is 4.66. The van der Waals surface area contributed by atoms with Crippen LogP contribution in [-0.4, -0.2) is 37.0 Å². The van der Waals surface area contributed by atoms with Crippen molar-refractivity contribution in [2.24, 2.45) is 5.92 Å². The second kappa shape index (κ2) is 6.99. The first-order valence-corrected chi connectivity index (χ1v) is 6.22. The van der Waals surface area contributed by atoms with E-state index in [9.17, 15) is 0 Å². The Hall–Kier alpha value is -0.580. The van der Waals surface area contributed by atoms with Crippen LogP contribution in [0.15, 0.2) is 6.07 Å². The smallest absolute Gasteiger partial charge is 0.175 e. The highest BCUT2D eigenvalue weighted by atomic mass is 35.5. The summed E-state index contributed by atoms with van der Waals surface area (Å²) >= 11 is 11.9. The van der Waals surface area contributed by atoms with Gasteiger partial charge in [-0.15, -0.1) is 10.2 Å². The lowest BCUT2D eigenvalue weighted by atomic mass is 10.2. The van der Waals surface area contributed by atoms with E-state index in [0.29, 0.717) is 22.8 Å². The zero-order valence-corrected chi connectivity index (χ0v) is 11.8. The average Bonchev–Trinajstić information content (AvgIpc) is 2.27. The molecule has 0 spiro atoms. The molecule has 0 unspecified atom stereocenters. The number of methoxy groups -OCH3 is 1. The van der Waals surface area contributed by atoms with Crippen molar-refractivity contribution in [3.05, 3.63) is 16.4 Å². The Morgan fingerprint density at radius 3 is 2.65 bits per heavy atom. The quantitative estimate of drug-likeness (QED) is 0.802. The molecule has 0 bridgehead atoms. The molecule has 1 heterocycles. The Bertz CT molecular complexity index is 361. The Morgan fingerprint density at radius 1 is 1.35 bits per heavy atom. The monoisotopic (exact) mass is 277 g/mol. The summed E-state index contributed by atoms with van der Waals surface area (Å²) in [5.41, 5.74) is 0.803. The fourth-order valence-electron chi connectivity index (χ4n) is 1.52. The van der Waals surface area contributed by atoms with E-state index in [1.54, 1.807) is 13.2 Å². The van der Waals surface area contributed by atoms with Gasteiger partial charge in [0, 0.05) is 26.3 Å². The molecule has 17 heavy (non-hydrogen) atoms. The van der Waals surface area contributed by atoms with Gasteiger partial charge in [-0.1, -0.05) is 37.0 Å². The van der Waals surface area contributed by atoms with Crippen LogP contribution in [-0.2, 0) is 4.74 Å². The molecule has 0 saturated heterocycles. The number of aromatic nitrogens is 2. The van der Waals surface area contributed by atoms with Gasteiger partial charge in [0.25, 0.3) is 0 Å². The summed E-state index contributed by atoms with van der Waals surface area (Å²) in [5, 5.41) is 8.23. The summed E-state index contributed by atoms with van der Waals surface area (Å²) in [4.78, 5) is 2.11. The topological polar surface area (TPSA) is 38.2 Å². The van der Waals surface area contributed by atoms with Crippen molar-refractivity contribution in [2.75, 3.05) is 31.7 Å². The van der Waals surface area contributed by atoms with Gasteiger partial charge >= 0.3 is 0 Å². The third-order valence-corrected chi connectivity index (χ3v) is 2.65. The molecule has 1 aromatic rings. The molecule has 96 valence electrons. The number of rotatable bonds is 6. The zero-order chi connectivity index (χ0) is 12.8. The first kappa shape index (κ1) is 14.5. The van der Waals surface area contributed by atoms with E-state index in [0.717, 1.165) is 18.8 Å². The van der Waals surface area contributed by atoms with Gasteiger partial charge < -0.3 is 9.64 Å². The molecule has 0 radical (unpaired) electrons. The van der Waals surface area contributed by atoms with Crippen molar-refractivity contribution < 1.29 is 4.74 Å². The number of anilines is 1. The largest absolute Gasteiger partial charge is 0.383 e. The van der Waals surface area contributed by atoms with Crippen LogP contribution in [0.3, 0.4) is 0 Å². The first-order chi connectivity index (χ1) is 8.04. The molecule has 6 heteroatoms. The van der Waals surface area contributed by atoms with E-state index in [-0.39, 0.29) is 0 Å². The normalized spacial score (nSPS) is 10.9. The van der Waals surface area contributed by atoms with Crippen LogP contribution in [0.25, 0.3) is 0 Å². The van der Waals surface area contributed by atoms with Gasteiger partial charge in [0.2, 0.25) is 0 Å². The Morgan fingerprint density at radius 2 is 2.06 bits per heavy atom. The molecule has 0 aliphatic carbocycles. The van der Waals surface area contributed by atoms with Crippen molar-refractivity contribution >= 4 is 28.9 Å². The van der Waals surface area contributed by atoms with Crippen LogP contribution >= 0.6 is 23.2 Å². The third-order valence-electron chi connectivity index (χ3n) is 2.19. The Labute approximate surface area is 112 Å². The molecule has 1 aromatic heterocycles. The first-order valence-electron chi connectivity index (χ1n) is 5.47. The molecule has 0 aliphatic heterocycles. The summed E-state index contributed by atoms with van der Waals surface area (Å²) in [6, 6.07) is 1.73. The molecule has 0 saturated carbocycles. The van der Waals surface area contributed by atoms with Crippen molar-refractivity contribution in [3.8, 4) is 0 Å². The number of hydrogen-bond donors (Lipinski definition) is 0. The fourth-order valence-corrected chi connectivity index (χ4v) is 1.87. The highest BCUT2D eigenvalue weighted by molar-refractivity contribution is 6.33. The van der Waals surface area contributed by atoms with Gasteiger partial charge in [-0.2, -0.15) is 0 Å². The van der Waals surface area contributed by atoms with Crippen molar-refractivity contribution in [2.45, 2.75) is 13.8 Å². The maximum atomic E-state index is 6.04. The molecule has 1 rings (SSSR count). The van der Waals surface area contributed by atoms with Crippen LogP contribution in [0.1, 0.15) is 13.8 Å². The lowest BCUT2D eigenvalue weighted by molar-refractivity contribution is 0.204. The van der Waals surface area contributed by atoms with E-state index in [1.165, 1.54) is 0 Å². The number of halogens is 2. The minimum absolute atomic E-state index is 0.343. The number of hydrogen-bond acceptors (Lipinski definition) is 4. The molecule has 0 aliphatic rings. The standard InChI is InChI=1S/C11H17Cl2N3O/c1-8(2)7-16(4-5-17-3)9-6-10(12)14-15-11(9)13/h6,8H,4-5,7H2,1-3H3. The Kier molecular flexibility index (Phi) is 5.95. The number of nitrogens with zero attached hydrogens (tertiary/aromatic N) is 3. The minimum atomic E-state index is 0.343. The highest BCUT2D eigenvalue weighted by Gasteiger charge is 2.14. The van der Waals surface area contributed by atoms with Crippen LogP contribution in [0.4, 0.5) is 5.69 Å². The summed E-state index contributed by atoms with van der Waals surface area (Å²) < 4.78 is 5.09. The molecule has 0 atom stereocenters. The fraction of sp³-hybridized carbons (Fsp3) is 0.636. The molecule has 4 nitrogen and oxygen atoms in total. The van der Waals surface area contributed by atoms with Crippen molar-refractivity contribution in [1.29, 1.82) is 0 Å². The van der Waals surface area contributed by atoms with Crippen LogP contribution in [0.2, 0.25) is 10.3 Å². The average molecular weight is 278 g/mol. The SMILES string of the molecule is COCCN(CC(C)C)c1cc(Cl)nnc1Cl. The predicted molar refractivity (Wildman–Crippen MR) is 71.0 cm³/mol. The maximum Gasteiger partial charge on any atom is 0.175 e. The van der Waals surface area contributed by atoms with E-state index in [1.807, 2.05) is 0 Å². The summed E-state index contributed by atoms with van der Waals surface area (Å²) in [7, 11) is 1.67. The molecule has 0 fully saturated rings. The summed E-state index contributed by atoms with van der Waals surface area (Å²) in [6.45, 7) is 6.53. The molecule has 0 N–H and O–H groups in total. The molecular formula is C11H17Cl2N3O. The second-order valence-corrected chi connectivity index (χ2v) is 4.92. The van der Waals surface area contributed by atoms with Gasteiger partial charge in [0.15, 0.2) is 10.3 Å².